The average Bonchev–Trinajstić information content (AvgIpc) is 3.31. The number of hydrogen-bond donors (Lipinski definition) is 2. The first-order valence-electron chi connectivity index (χ1n) is 10.2. The number of aromatic nitrogens is 1. The van der Waals surface area contributed by atoms with Gasteiger partial charge in [-0.25, -0.2) is 0 Å². The Morgan fingerprint density at radius 3 is 2.39 bits per heavy atom. The third-order valence-corrected chi connectivity index (χ3v) is 5.69. The lowest BCUT2D eigenvalue weighted by Gasteiger charge is -2.19. The van der Waals surface area contributed by atoms with Gasteiger partial charge in [-0.1, -0.05) is 50.2 Å². The van der Waals surface area contributed by atoms with E-state index < -0.39 is 0 Å². The quantitative estimate of drug-likeness (QED) is 0.506. The summed E-state index contributed by atoms with van der Waals surface area (Å²) in [7, 11) is 0. The monoisotopic (exact) mass is 437 g/mol. The van der Waals surface area contributed by atoms with Gasteiger partial charge in [-0.15, -0.1) is 11.3 Å². The summed E-state index contributed by atoms with van der Waals surface area (Å²) < 4.78 is 5.31. The van der Waals surface area contributed by atoms with E-state index in [2.05, 4.69) is 41.6 Å². The lowest BCUT2D eigenvalue weighted by molar-refractivity contribution is -0.131. The summed E-state index contributed by atoms with van der Waals surface area (Å²) in [6.45, 7) is 4.30. The third kappa shape index (κ3) is 7.01. The number of nitrogens with zero attached hydrogens (tertiary/aromatic N) is 1. The largest absolute Gasteiger partial charge is 0.362 e. The highest BCUT2D eigenvalue weighted by molar-refractivity contribution is 7.10. The van der Waals surface area contributed by atoms with E-state index in [4.69, 9.17) is 4.74 Å². The van der Waals surface area contributed by atoms with Gasteiger partial charge in [0, 0.05) is 23.8 Å². The summed E-state index contributed by atoms with van der Waals surface area (Å²) in [5.41, 5.74) is 3.16. The number of rotatable bonds is 10. The average molecular weight is 438 g/mol. The third-order valence-electron chi connectivity index (χ3n) is 4.75. The second kappa shape index (κ2) is 11.4. The summed E-state index contributed by atoms with van der Waals surface area (Å²) in [4.78, 5) is 29.5. The Labute approximate surface area is 186 Å². The summed E-state index contributed by atoms with van der Waals surface area (Å²) in [6.07, 6.45) is 3.36. The minimum absolute atomic E-state index is 0.180. The number of nitrogens with one attached hydrogen (secondary N) is 2. The molecule has 3 rings (SSSR count). The molecule has 0 aliphatic heterocycles. The highest BCUT2D eigenvalue weighted by atomic mass is 32.1. The molecule has 1 unspecified atom stereocenters. The van der Waals surface area contributed by atoms with Crippen molar-refractivity contribution in [3.05, 3.63) is 87.9 Å². The molecule has 0 saturated carbocycles. The maximum atomic E-state index is 12.5. The van der Waals surface area contributed by atoms with E-state index in [9.17, 15) is 9.59 Å². The zero-order valence-corrected chi connectivity index (χ0v) is 18.5. The molecular weight excluding hydrogens is 410 g/mol. The van der Waals surface area contributed by atoms with E-state index in [1.54, 1.807) is 23.7 Å². The van der Waals surface area contributed by atoms with E-state index in [1.807, 2.05) is 41.8 Å². The molecule has 0 spiro atoms. The predicted octanol–water partition coefficient (Wildman–Crippen LogP) is 3.81. The van der Waals surface area contributed by atoms with Crippen molar-refractivity contribution in [1.82, 2.24) is 15.6 Å². The lowest BCUT2D eigenvalue weighted by Crippen LogP contribution is -2.34. The van der Waals surface area contributed by atoms with Gasteiger partial charge in [-0.2, -0.15) is 0 Å². The summed E-state index contributed by atoms with van der Waals surface area (Å²) in [5.74, 6) is -0.108. The lowest BCUT2D eigenvalue weighted by atomic mass is 9.98. The Kier molecular flexibility index (Phi) is 8.32. The van der Waals surface area contributed by atoms with Gasteiger partial charge >= 0.3 is 0 Å². The van der Waals surface area contributed by atoms with Crippen LogP contribution in [0.3, 0.4) is 0 Å². The van der Waals surface area contributed by atoms with Crippen molar-refractivity contribution in [3.63, 3.8) is 0 Å². The predicted molar refractivity (Wildman–Crippen MR) is 122 cm³/mol. The second-order valence-corrected chi connectivity index (χ2v) is 8.45. The number of amides is 2. The van der Waals surface area contributed by atoms with Gasteiger partial charge in [0.25, 0.3) is 0 Å². The van der Waals surface area contributed by atoms with Crippen molar-refractivity contribution >= 4 is 23.2 Å². The maximum absolute atomic E-state index is 12.5. The number of benzene rings is 1. The number of hydrogen-bond acceptors (Lipinski definition) is 5. The fourth-order valence-electron chi connectivity index (χ4n) is 3.04. The van der Waals surface area contributed by atoms with Gasteiger partial charge < -0.3 is 15.4 Å². The molecule has 3 aromatic rings. The fraction of sp³-hybridized carbons (Fsp3) is 0.292. The van der Waals surface area contributed by atoms with Crippen LogP contribution in [0.15, 0.2) is 66.3 Å². The van der Waals surface area contributed by atoms with Crippen LogP contribution in [-0.2, 0) is 20.9 Å². The molecule has 6 nitrogen and oxygen atoms in total. The molecule has 2 N–H and O–H groups in total. The number of thiophene rings is 1. The van der Waals surface area contributed by atoms with Crippen LogP contribution >= 0.6 is 11.3 Å². The normalized spacial score (nSPS) is 11.8. The molecule has 0 bridgehead atoms. The van der Waals surface area contributed by atoms with Gasteiger partial charge in [0.05, 0.1) is 6.04 Å². The van der Waals surface area contributed by atoms with Crippen molar-refractivity contribution in [2.45, 2.75) is 32.4 Å². The van der Waals surface area contributed by atoms with Crippen LogP contribution < -0.4 is 10.6 Å². The highest BCUT2D eigenvalue weighted by Gasteiger charge is 2.18. The number of pyridine rings is 1. The summed E-state index contributed by atoms with van der Waals surface area (Å²) >= 11 is 1.59. The molecule has 31 heavy (non-hydrogen) atoms. The number of ether oxygens (including phenoxy) is 1. The van der Waals surface area contributed by atoms with Gasteiger partial charge in [0.15, 0.2) is 0 Å². The van der Waals surface area contributed by atoms with Crippen LogP contribution in [0, 0.1) is 0 Å². The molecule has 2 heterocycles. The van der Waals surface area contributed by atoms with Gasteiger partial charge in [0.2, 0.25) is 11.8 Å². The molecule has 0 fully saturated rings. The van der Waals surface area contributed by atoms with Crippen molar-refractivity contribution in [2.24, 2.45) is 0 Å². The van der Waals surface area contributed by atoms with Crippen molar-refractivity contribution < 1.29 is 14.3 Å². The summed E-state index contributed by atoms with van der Waals surface area (Å²) in [5, 5.41) is 7.75. The molecule has 2 aromatic heterocycles. The van der Waals surface area contributed by atoms with Crippen LogP contribution in [-0.4, -0.2) is 30.0 Å². The number of carbonyl (C=O) groups is 2. The van der Waals surface area contributed by atoms with Crippen LogP contribution in [0.5, 0.6) is 0 Å². The molecule has 0 aliphatic rings. The Morgan fingerprint density at radius 2 is 1.74 bits per heavy atom. The first kappa shape index (κ1) is 22.7. The molecule has 7 heteroatoms. The first-order valence-corrected chi connectivity index (χ1v) is 11.1. The highest BCUT2D eigenvalue weighted by Crippen LogP contribution is 2.27. The van der Waals surface area contributed by atoms with Crippen LogP contribution in [0.1, 0.15) is 47.4 Å². The first-order chi connectivity index (χ1) is 15.0. The van der Waals surface area contributed by atoms with Crippen molar-refractivity contribution in [3.8, 4) is 0 Å². The smallest absolute Gasteiger partial charge is 0.246 e. The minimum atomic E-state index is -0.282. The summed E-state index contributed by atoms with van der Waals surface area (Å²) in [6, 6.07) is 15.7. The molecular formula is C24H27N3O3S. The fourth-order valence-corrected chi connectivity index (χ4v) is 3.84. The SMILES string of the molecule is CC(C)c1ccc(C(NC(=O)COCC(=O)NCc2cccnc2)c2cccs2)cc1. The van der Waals surface area contributed by atoms with Crippen molar-refractivity contribution in [1.29, 1.82) is 0 Å². The Hall–Kier alpha value is -3.03. The van der Waals surface area contributed by atoms with Crippen molar-refractivity contribution in [2.75, 3.05) is 13.2 Å². The van der Waals surface area contributed by atoms with Crippen LogP contribution in [0.4, 0.5) is 0 Å². The zero-order chi connectivity index (χ0) is 22.1. The van der Waals surface area contributed by atoms with Crippen LogP contribution in [0.25, 0.3) is 0 Å². The molecule has 0 aliphatic carbocycles. The Balaban J connectivity index is 1.50. The van der Waals surface area contributed by atoms with E-state index >= 15 is 0 Å². The van der Waals surface area contributed by atoms with E-state index in [1.165, 1.54) is 5.56 Å². The van der Waals surface area contributed by atoms with E-state index in [0.717, 1.165) is 16.0 Å². The standard InChI is InChI=1S/C24H27N3O3S/c1-17(2)19-7-9-20(10-8-19)24(21-6-4-12-31-21)27-23(29)16-30-15-22(28)26-14-18-5-3-11-25-13-18/h3-13,17,24H,14-16H2,1-2H3,(H,26,28)(H,27,29). The molecule has 162 valence electrons. The van der Waals surface area contributed by atoms with Gasteiger partial charge in [-0.3, -0.25) is 14.6 Å². The molecule has 0 saturated heterocycles. The van der Waals surface area contributed by atoms with E-state index in [-0.39, 0.29) is 31.1 Å². The molecule has 1 atom stereocenters. The topological polar surface area (TPSA) is 80.3 Å². The van der Waals surface area contributed by atoms with E-state index in [0.29, 0.717) is 12.5 Å². The molecule has 1 aromatic carbocycles. The maximum Gasteiger partial charge on any atom is 0.246 e. The Morgan fingerprint density at radius 1 is 1.00 bits per heavy atom. The minimum Gasteiger partial charge on any atom is -0.362 e. The van der Waals surface area contributed by atoms with Gasteiger partial charge in [-0.05, 0) is 40.1 Å². The second-order valence-electron chi connectivity index (χ2n) is 7.47. The van der Waals surface area contributed by atoms with Gasteiger partial charge in [0.1, 0.15) is 13.2 Å². The van der Waals surface area contributed by atoms with Crippen LogP contribution in [0.2, 0.25) is 0 Å². The molecule has 2 amide bonds. The Bertz CT molecular complexity index is 958. The molecule has 0 radical (unpaired) electrons. The zero-order valence-electron chi connectivity index (χ0n) is 17.7. The number of carbonyl (C=O) groups excluding carboxylic acids is 2.